The molecule has 5 aliphatic heterocycles. The topological polar surface area (TPSA) is 142 Å². The van der Waals surface area contributed by atoms with Gasteiger partial charge in [-0.25, -0.2) is 0 Å². The van der Waals surface area contributed by atoms with E-state index < -0.39 is 23.7 Å². The number of carbonyl (C=O) groups is 4. The number of rotatable bonds is 2. The maximum atomic E-state index is 13.3. The Morgan fingerprint density at radius 2 is 0.648 bits per heavy atom. The minimum absolute atomic E-state index is 0.115. The predicted molar refractivity (Wildman–Crippen MR) is 198 cm³/mol. The second-order valence-corrected chi connectivity index (χ2v) is 17.0. The summed E-state index contributed by atoms with van der Waals surface area (Å²) in [5.74, 6) is -2.88. The van der Waals surface area contributed by atoms with Gasteiger partial charge in [0.05, 0.1) is 72.5 Å². The molecule has 0 radical (unpaired) electrons. The highest BCUT2D eigenvalue weighted by Gasteiger charge is 2.41. The van der Waals surface area contributed by atoms with E-state index in [0.717, 1.165) is 51.4 Å². The highest BCUT2D eigenvalue weighted by Crippen LogP contribution is 2.35. The molecule has 0 aromatic heterocycles. The van der Waals surface area contributed by atoms with Crippen LogP contribution < -0.4 is 0 Å². The third-order valence-electron chi connectivity index (χ3n) is 12.6. The summed E-state index contributed by atoms with van der Waals surface area (Å²) in [5.41, 5.74) is 0. The molecule has 0 spiro atoms. The van der Waals surface area contributed by atoms with Crippen molar-refractivity contribution in [2.75, 3.05) is 0 Å². The van der Waals surface area contributed by atoms with Crippen molar-refractivity contribution >= 4 is 23.9 Å². The summed E-state index contributed by atoms with van der Waals surface area (Å²) in [4.78, 5) is 53.0. The van der Waals surface area contributed by atoms with E-state index in [1.54, 1.807) is 0 Å². The van der Waals surface area contributed by atoms with Gasteiger partial charge in [-0.15, -0.1) is 0 Å². The van der Waals surface area contributed by atoms with Gasteiger partial charge in [-0.2, -0.15) is 0 Å². The van der Waals surface area contributed by atoms with E-state index in [0.29, 0.717) is 38.5 Å². The Morgan fingerprint density at radius 1 is 0.389 bits per heavy atom. The highest BCUT2D eigenvalue weighted by atomic mass is 16.6. The number of fused-ring (bicyclic) bond motifs is 8. The molecule has 308 valence electrons. The Morgan fingerprint density at radius 3 is 0.926 bits per heavy atom. The van der Waals surface area contributed by atoms with Crippen LogP contribution in [0.3, 0.4) is 0 Å². The van der Waals surface area contributed by atoms with Crippen LogP contribution in [0.2, 0.25) is 0 Å². The third kappa shape index (κ3) is 11.4. The minimum atomic E-state index is -0.435. The number of hydrogen-bond donors (Lipinski definition) is 0. The molecule has 0 unspecified atom stereocenters. The first-order valence-electron chi connectivity index (χ1n) is 21.2. The molecule has 16 atom stereocenters. The fraction of sp³-hybridized carbons (Fsp3) is 0.905. The van der Waals surface area contributed by atoms with Crippen LogP contribution in [0.15, 0.2) is 0 Å². The van der Waals surface area contributed by atoms with Crippen molar-refractivity contribution in [3.8, 4) is 0 Å². The van der Waals surface area contributed by atoms with Crippen molar-refractivity contribution in [3.05, 3.63) is 0 Å². The van der Waals surface area contributed by atoms with Gasteiger partial charge in [0.15, 0.2) is 0 Å². The van der Waals surface area contributed by atoms with Crippen molar-refractivity contribution in [2.45, 2.75) is 219 Å². The van der Waals surface area contributed by atoms with E-state index in [1.807, 2.05) is 55.4 Å². The standard InChI is InChI=1S/C42H68O12/c1-9-29-21-33-13-17-35(51-33)25(5)39(43)47-24(4)20-32-12-16-38(50-32)28(8)42(46)54-30(10-2)22-34-14-18-36(52-34)26(6)40(44)48-23(3)19-31-11-15-37(49-31)27(7)41(45)53-29/h23-38H,9-22H2,1-8H3/t23-,24-,25-,26+,27+,28+,29+,30+,31+,32+,33-,34-,35+,36+,37-,38-/m1/s1. The Kier molecular flexibility index (Phi) is 15.7. The van der Waals surface area contributed by atoms with Gasteiger partial charge in [-0.3, -0.25) is 19.2 Å². The zero-order valence-corrected chi connectivity index (χ0v) is 34.0. The summed E-state index contributed by atoms with van der Waals surface area (Å²) in [6.45, 7) is 15.2. The molecule has 0 aliphatic carbocycles. The van der Waals surface area contributed by atoms with Crippen LogP contribution in [-0.2, 0) is 57.1 Å². The maximum absolute atomic E-state index is 13.3. The van der Waals surface area contributed by atoms with Crippen molar-refractivity contribution in [3.63, 3.8) is 0 Å². The molecule has 5 saturated heterocycles. The smallest absolute Gasteiger partial charge is 0.311 e. The molecular weight excluding hydrogens is 696 g/mol. The van der Waals surface area contributed by atoms with Crippen LogP contribution in [0.25, 0.3) is 0 Å². The SMILES string of the molecule is CC[C@H]1C[C@H]2CC[C@H](O2)[C@@H](C)C(=O)O[C@H](C)C[C@@H]2CC[C@@H](O2)[C@H](C)C(=O)O[C@@H](CC)C[C@H]2CC[C@H](O2)[C@H](C)C(=O)O[C@H](C)C[C@@H]2CC[C@@H](O2)[C@H](C)C(=O)O1. The molecule has 8 bridgehead atoms. The fourth-order valence-electron chi connectivity index (χ4n) is 8.88. The average molecular weight is 765 g/mol. The van der Waals surface area contributed by atoms with Crippen LogP contribution in [0.4, 0.5) is 0 Å². The Hall–Kier alpha value is -2.28. The van der Waals surface area contributed by atoms with Crippen LogP contribution in [-0.4, -0.2) is 97.1 Å². The van der Waals surface area contributed by atoms with Gasteiger partial charge in [-0.1, -0.05) is 13.8 Å². The summed E-state index contributed by atoms with van der Waals surface area (Å²) in [6, 6.07) is 0. The molecule has 54 heavy (non-hydrogen) atoms. The lowest BCUT2D eigenvalue weighted by Crippen LogP contribution is -2.34. The minimum Gasteiger partial charge on any atom is -0.462 e. The highest BCUT2D eigenvalue weighted by molar-refractivity contribution is 5.74. The molecular formula is C42H68O12. The van der Waals surface area contributed by atoms with Gasteiger partial charge in [0, 0.05) is 25.7 Å². The Balaban J connectivity index is 1.22. The van der Waals surface area contributed by atoms with Crippen molar-refractivity contribution in [1.82, 2.24) is 0 Å². The number of ether oxygens (including phenoxy) is 8. The maximum Gasteiger partial charge on any atom is 0.311 e. The van der Waals surface area contributed by atoms with E-state index >= 15 is 0 Å². The normalized spacial score (nSPS) is 44.0. The van der Waals surface area contributed by atoms with Crippen molar-refractivity contribution in [2.24, 2.45) is 23.7 Å². The first-order valence-corrected chi connectivity index (χ1v) is 21.2. The summed E-state index contributed by atoms with van der Waals surface area (Å²) < 4.78 is 49.0. The zero-order chi connectivity index (χ0) is 39.1. The van der Waals surface area contributed by atoms with Crippen molar-refractivity contribution < 1.29 is 57.1 Å². The molecule has 12 heteroatoms. The van der Waals surface area contributed by atoms with Gasteiger partial charge in [0.1, 0.15) is 24.4 Å². The van der Waals surface area contributed by atoms with Crippen LogP contribution in [0, 0.1) is 23.7 Å². The predicted octanol–water partition coefficient (Wildman–Crippen LogP) is 6.80. The molecule has 5 heterocycles. The number of hydrogen-bond acceptors (Lipinski definition) is 12. The van der Waals surface area contributed by atoms with Crippen LogP contribution in [0.1, 0.15) is 145 Å². The van der Waals surface area contributed by atoms with Crippen molar-refractivity contribution in [1.29, 1.82) is 0 Å². The summed E-state index contributed by atoms with van der Waals surface area (Å²) >= 11 is 0. The summed E-state index contributed by atoms with van der Waals surface area (Å²) in [6.07, 6.45) is 6.72. The monoisotopic (exact) mass is 764 g/mol. The quantitative estimate of drug-likeness (QED) is 0.216. The largest absolute Gasteiger partial charge is 0.462 e. The number of esters is 4. The second kappa shape index (κ2) is 19.7. The molecule has 5 fully saturated rings. The number of cyclic esters (lactones) is 4. The van der Waals surface area contributed by atoms with Crippen LogP contribution in [0.5, 0.6) is 0 Å². The van der Waals surface area contributed by atoms with Gasteiger partial charge < -0.3 is 37.9 Å². The van der Waals surface area contributed by atoms with E-state index in [1.165, 1.54) is 0 Å². The third-order valence-corrected chi connectivity index (χ3v) is 12.6. The van der Waals surface area contributed by atoms with E-state index in [4.69, 9.17) is 37.9 Å². The molecule has 0 N–H and O–H groups in total. The molecule has 0 aromatic rings. The molecule has 5 aliphatic rings. The van der Waals surface area contributed by atoms with E-state index in [2.05, 4.69) is 0 Å². The molecule has 0 aromatic carbocycles. The molecule has 0 amide bonds. The van der Waals surface area contributed by atoms with Gasteiger partial charge >= 0.3 is 23.9 Å². The van der Waals surface area contributed by atoms with Gasteiger partial charge in [0.2, 0.25) is 0 Å². The van der Waals surface area contributed by atoms with Gasteiger partial charge in [-0.05, 0) is 106 Å². The summed E-state index contributed by atoms with van der Waals surface area (Å²) in [5, 5.41) is 0. The van der Waals surface area contributed by atoms with Crippen LogP contribution >= 0.6 is 0 Å². The van der Waals surface area contributed by atoms with E-state index in [-0.39, 0.29) is 97.1 Å². The Labute approximate surface area is 322 Å². The molecule has 0 saturated carbocycles. The molecule has 12 nitrogen and oxygen atoms in total. The number of carbonyl (C=O) groups excluding carboxylic acids is 4. The zero-order valence-electron chi connectivity index (χ0n) is 34.0. The average Bonchev–Trinajstić information content (AvgIpc) is 3.98. The lowest BCUT2D eigenvalue weighted by molar-refractivity contribution is -0.162. The first-order chi connectivity index (χ1) is 25.7. The lowest BCUT2D eigenvalue weighted by atomic mass is 9.99. The molecule has 5 rings (SSSR count). The fourth-order valence-corrected chi connectivity index (χ4v) is 8.88. The summed E-state index contributed by atoms with van der Waals surface area (Å²) in [7, 11) is 0. The lowest BCUT2D eigenvalue weighted by Gasteiger charge is -2.26. The van der Waals surface area contributed by atoms with Gasteiger partial charge in [0.25, 0.3) is 0 Å². The Bertz CT molecular complexity index is 1160. The second-order valence-electron chi connectivity index (χ2n) is 17.0. The van der Waals surface area contributed by atoms with E-state index in [9.17, 15) is 19.2 Å². The first kappa shape index (κ1) is 42.9.